The summed E-state index contributed by atoms with van der Waals surface area (Å²) in [6.45, 7) is 0. The van der Waals surface area contributed by atoms with E-state index < -0.39 is 0 Å². The molecule has 0 aliphatic heterocycles. The zero-order valence-corrected chi connectivity index (χ0v) is 32.2. The summed E-state index contributed by atoms with van der Waals surface area (Å²) in [6, 6.07) is 45.1. The van der Waals surface area contributed by atoms with Crippen LogP contribution in [0.5, 0.6) is 0 Å². The van der Waals surface area contributed by atoms with Gasteiger partial charge in [-0.2, -0.15) is 0 Å². The lowest BCUT2D eigenvalue weighted by Crippen LogP contribution is -2.22. The summed E-state index contributed by atoms with van der Waals surface area (Å²) in [7, 11) is 3.31. The molecule has 0 spiro atoms. The average Bonchev–Trinajstić information content (AvgIpc) is 3.16. The third kappa shape index (κ3) is 9.64. The van der Waals surface area contributed by atoms with Crippen LogP contribution >= 0.6 is 46.7 Å². The molecule has 4 unspecified atom stereocenters. The molecule has 6 aromatic rings. The van der Waals surface area contributed by atoms with Gasteiger partial charge in [-0.1, -0.05) is 108 Å². The van der Waals surface area contributed by atoms with Crippen molar-refractivity contribution in [3.8, 4) is 0 Å². The molecular weight excluding hydrogens is 724 g/mol. The van der Waals surface area contributed by atoms with Crippen LogP contribution in [-0.4, -0.2) is 30.5 Å². The highest BCUT2D eigenvalue weighted by molar-refractivity contribution is 8.00. The van der Waals surface area contributed by atoms with Crippen LogP contribution in [-0.2, 0) is 14.3 Å². The van der Waals surface area contributed by atoms with E-state index in [2.05, 4.69) is 84.9 Å². The average molecular weight is 764 g/mol. The highest BCUT2D eigenvalue weighted by Gasteiger charge is 2.31. The Morgan fingerprint density at radius 2 is 1.00 bits per heavy atom. The summed E-state index contributed by atoms with van der Waals surface area (Å²) < 4.78 is 10.9. The maximum absolute atomic E-state index is 14.9. The van der Waals surface area contributed by atoms with Crippen LogP contribution in [0, 0.1) is 0 Å². The van der Waals surface area contributed by atoms with Crippen molar-refractivity contribution in [3.63, 3.8) is 0 Å². The van der Waals surface area contributed by atoms with Crippen molar-refractivity contribution < 1.29 is 14.3 Å². The molecule has 0 saturated carbocycles. The molecule has 3 nitrogen and oxygen atoms in total. The minimum atomic E-state index is -0.171. The number of Topliss-reactive ketones (excluding diaryl/α,β-unsaturated/α-hetero) is 1. The van der Waals surface area contributed by atoms with Crippen LogP contribution < -0.4 is 0 Å². The lowest BCUT2D eigenvalue weighted by atomic mass is 9.82. The van der Waals surface area contributed by atoms with Crippen molar-refractivity contribution in [2.75, 3.05) is 14.2 Å². The normalized spacial score (nSPS) is 14.1. The highest BCUT2D eigenvalue weighted by atomic mass is 35.5. The fraction of sp³-hybridized carbons (Fsp3) is 0.178. The van der Waals surface area contributed by atoms with E-state index in [9.17, 15) is 4.79 Å². The molecule has 52 heavy (non-hydrogen) atoms. The second-order valence-corrected chi connectivity index (χ2v) is 15.9. The third-order valence-corrected chi connectivity index (χ3v) is 12.2. The van der Waals surface area contributed by atoms with Crippen LogP contribution in [0.2, 0.25) is 10.0 Å². The van der Waals surface area contributed by atoms with E-state index in [-0.39, 0.29) is 28.1 Å². The molecule has 0 aliphatic carbocycles. The maximum Gasteiger partial charge on any atom is 0.134 e. The summed E-state index contributed by atoms with van der Waals surface area (Å²) in [6.07, 6.45) is 8.25. The lowest BCUT2D eigenvalue weighted by Gasteiger charge is -2.29. The van der Waals surface area contributed by atoms with Crippen molar-refractivity contribution in [1.82, 2.24) is 0 Å². The van der Waals surface area contributed by atoms with Crippen LogP contribution in [0.1, 0.15) is 35.8 Å². The number of methoxy groups -OCH3 is 2. The Balaban J connectivity index is 1.44. The number of thioether (sulfide) groups is 2. The minimum Gasteiger partial charge on any atom is -0.505 e. The molecular formula is C45H40Cl2O3S2. The first-order valence-corrected chi connectivity index (χ1v) is 19.7. The first kappa shape index (κ1) is 37.6. The Morgan fingerprint density at radius 3 is 1.40 bits per heavy atom. The molecule has 7 heteroatoms. The van der Waals surface area contributed by atoms with Gasteiger partial charge in [0.25, 0.3) is 0 Å². The molecule has 0 fully saturated rings. The molecule has 0 aliphatic rings. The van der Waals surface area contributed by atoms with Crippen molar-refractivity contribution >= 4 is 74.1 Å². The largest absolute Gasteiger partial charge is 0.505 e. The number of fused-ring (bicyclic) bond motifs is 2. The summed E-state index contributed by atoms with van der Waals surface area (Å²) in [5.41, 5.74) is 2.20. The summed E-state index contributed by atoms with van der Waals surface area (Å²) in [5.74, 6) is -0.174. The van der Waals surface area contributed by atoms with E-state index in [0.29, 0.717) is 22.9 Å². The third-order valence-electron chi connectivity index (χ3n) is 9.08. The molecule has 264 valence electrons. The molecule has 0 radical (unpaired) electrons. The van der Waals surface area contributed by atoms with Crippen molar-refractivity contribution in [2.24, 2.45) is 0 Å². The minimum absolute atomic E-state index is 0.103. The SMILES string of the molecule is COC=CC(Sc1ccccc1)C(CC(=O)CC(c1cccc2cc(Cl)ccc12)C(C=COC)Sc1ccccc1)c1cccc2cc(Cl)ccc12. The standard InChI is InChI=1S/C45H40Cl2O3S2/c1-49-25-23-44(51-36-13-5-3-6-14-36)42(40-17-9-11-31-27-33(46)19-21-38(31)40)29-35(48)30-43(41-18-10-12-32-28-34(47)20-22-39(32)41)45(24-26-50-2)52-37-15-7-4-8-16-37/h3-28,42-45H,29-30H2,1-2H3. The van der Waals surface area contributed by atoms with Gasteiger partial charge in [0.15, 0.2) is 0 Å². The van der Waals surface area contributed by atoms with Crippen LogP contribution in [0.4, 0.5) is 0 Å². The molecule has 4 atom stereocenters. The van der Waals surface area contributed by atoms with E-state index >= 15 is 0 Å². The number of rotatable bonds is 16. The summed E-state index contributed by atoms with van der Waals surface area (Å²) in [5, 5.41) is 5.39. The fourth-order valence-corrected chi connectivity index (χ4v) is 9.44. The summed E-state index contributed by atoms with van der Waals surface area (Å²) in [4.78, 5) is 17.1. The number of carbonyl (C=O) groups excluding carboxylic acids is 1. The summed E-state index contributed by atoms with van der Waals surface area (Å²) >= 11 is 16.4. The lowest BCUT2D eigenvalue weighted by molar-refractivity contribution is -0.119. The second kappa shape index (κ2) is 18.6. The van der Waals surface area contributed by atoms with Gasteiger partial charge >= 0.3 is 0 Å². The number of hydrogen-bond acceptors (Lipinski definition) is 5. The maximum atomic E-state index is 14.9. The van der Waals surface area contributed by atoms with Gasteiger partial charge in [-0.15, -0.1) is 23.5 Å². The smallest absolute Gasteiger partial charge is 0.134 e. The predicted molar refractivity (Wildman–Crippen MR) is 222 cm³/mol. The fourth-order valence-electron chi connectivity index (χ4n) is 6.72. The molecule has 0 amide bonds. The van der Waals surface area contributed by atoms with Gasteiger partial charge in [-0.05, 0) is 93.4 Å². The van der Waals surface area contributed by atoms with Crippen LogP contribution in [0.15, 0.2) is 168 Å². The van der Waals surface area contributed by atoms with Gasteiger partial charge in [-0.25, -0.2) is 0 Å². The molecule has 6 aromatic carbocycles. The first-order valence-electron chi connectivity index (χ1n) is 17.1. The first-order chi connectivity index (χ1) is 25.4. The zero-order chi connectivity index (χ0) is 36.3. The Bertz CT molecular complexity index is 2000. The molecule has 0 heterocycles. The Hall–Kier alpha value is -4.13. The molecule has 0 N–H and O–H groups in total. The van der Waals surface area contributed by atoms with E-state index in [0.717, 1.165) is 42.5 Å². The number of carbonyl (C=O) groups is 1. The Labute approximate surface area is 325 Å². The monoisotopic (exact) mass is 762 g/mol. The Morgan fingerprint density at radius 1 is 0.577 bits per heavy atom. The van der Waals surface area contributed by atoms with Crippen LogP contribution in [0.3, 0.4) is 0 Å². The van der Waals surface area contributed by atoms with Gasteiger partial charge in [0, 0.05) is 55.0 Å². The van der Waals surface area contributed by atoms with Gasteiger partial charge in [0.1, 0.15) is 5.78 Å². The van der Waals surface area contributed by atoms with Gasteiger partial charge < -0.3 is 9.47 Å². The van der Waals surface area contributed by atoms with E-state index in [1.54, 1.807) is 50.3 Å². The van der Waals surface area contributed by atoms with E-state index in [4.69, 9.17) is 32.7 Å². The molecule has 0 saturated heterocycles. The van der Waals surface area contributed by atoms with Crippen molar-refractivity contribution in [2.45, 2.75) is 45.0 Å². The number of hydrogen-bond donors (Lipinski definition) is 0. The number of halogens is 2. The van der Waals surface area contributed by atoms with Crippen LogP contribution in [0.25, 0.3) is 21.5 Å². The quantitative estimate of drug-likeness (QED) is 0.0725. The van der Waals surface area contributed by atoms with Crippen molar-refractivity contribution in [3.05, 3.63) is 179 Å². The second-order valence-electron chi connectivity index (χ2n) is 12.5. The van der Waals surface area contributed by atoms with Crippen molar-refractivity contribution in [1.29, 1.82) is 0 Å². The number of ketones is 1. The molecule has 0 bridgehead atoms. The Kier molecular flexibility index (Phi) is 13.4. The zero-order valence-electron chi connectivity index (χ0n) is 29.0. The van der Waals surface area contributed by atoms with E-state index in [1.165, 1.54) is 0 Å². The van der Waals surface area contributed by atoms with Gasteiger partial charge in [0.05, 0.1) is 26.7 Å². The molecule has 0 aromatic heterocycles. The van der Waals surface area contributed by atoms with E-state index in [1.807, 2.05) is 60.7 Å². The molecule has 6 rings (SSSR count). The highest BCUT2D eigenvalue weighted by Crippen LogP contribution is 2.44. The van der Waals surface area contributed by atoms with Gasteiger partial charge in [0.2, 0.25) is 0 Å². The predicted octanol–water partition coefficient (Wildman–Crippen LogP) is 13.2. The topological polar surface area (TPSA) is 35.5 Å². The number of ether oxygens (including phenoxy) is 2. The van der Waals surface area contributed by atoms with Gasteiger partial charge in [-0.3, -0.25) is 4.79 Å². The number of benzene rings is 6.